The summed E-state index contributed by atoms with van der Waals surface area (Å²) in [5, 5.41) is 8.52. The smallest absolute Gasteiger partial charge is 0.303 e. The fourth-order valence-corrected chi connectivity index (χ4v) is 2.58. The number of piperidine rings is 2. The van der Waals surface area contributed by atoms with E-state index in [0.29, 0.717) is 19.6 Å². The van der Waals surface area contributed by atoms with Crippen LogP contribution in [0.4, 0.5) is 17.6 Å². The van der Waals surface area contributed by atoms with Crippen LogP contribution in [-0.2, 0) is 14.3 Å². The summed E-state index contributed by atoms with van der Waals surface area (Å²) < 4.78 is 55.0. The standard InChI is InChI=1S/C9H13F2NO3.C7H13F2NO/c1-7(13)15-6-8(14)12-4-2-9(10,11)3-5-12;8-7(9)1-3-10(4-2-7)5-6-11/h2-6H2,1H3;11H,1-6H2. The molecule has 10 heteroatoms. The Hall–Kier alpha value is -1.42. The van der Waals surface area contributed by atoms with E-state index in [1.165, 1.54) is 11.8 Å². The number of ether oxygens (including phenoxy) is 1. The van der Waals surface area contributed by atoms with Gasteiger partial charge in [-0.15, -0.1) is 0 Å². The summed E-state index contributed by atoms with van der Waals surface area (Å²) >= 11 is 0. The van der Waals surface area contributed by atoms with Gasteiger partial charge in [-0.2, -0.15) is 0 Å². The predicted molar refractivity (Wildman–Crippen MR) is 85.1 cm³/mol. The maximum Gasteiger partial charge on any atom is 0.303 e. The molecule has 0 bridgehead atoms. The molecular formula is C16H26F4N2O4. The van der Waals surface area contributed by atoms with E-state index in [2.05, 4.69) is 4.74 Å². The third-order valence-electron chi connectivity index (χ3n) is 4.25. The molecule has 0 radical (unpaired) electrons. The average molecular weight is 386 g/mol. The lowest BCUT2D eigenvalue weighted by atomic mass is 10.1. The van der Waals surface area contributed by atoms with Crippen molar-refractivity contribution in [1.82, 2.24) is 9.80 Å². The second kappa shape index (κ2) is 10.1. The summed E-state index contributed by atoms with van der Waals surface area (Å²) in [6, 6.07) is 0. The zero-order chi connectivity index (χ0) is 19.8. The van der Waals surface area contributed by atoms with Crippen LogP contribution in [0.2, 0.25) is 0 Å². The zero-order valence-electron chi connectivity index (χ0n) is 14.9. The first-order valence-corrected chi connectivity index (χ1v) is 8.55. The van der Waals surface area contributed by atoms with Crippen LogP contribution in [0.5, 0.6) is 0 Å². The molecule has 2 aliphatic heterocycles. The zero-order valence-corrected chi connectivity index (χ0v) is 14.9. The minimum atomic E-state index is -2.67. The van der Waals surface area contributed by atoms with Gasteiger partial charge < -0.3 is 19.6 Å². The molecule has 0 aliphatic carbocycles. The first kappa shape index (κ1) is 22.6. The summed E-state index contributed by atoms with van der Waals surface area (Å²) in [7, 11) is 0. The summed E-state index contributed by atoms with van der Waals surface area (Å²) in [6.45, 7) is 2.28. The van der Waals surface area contributed by atoms with Crippen molar-refractivity contribution in [3.8, 4) is 0 Å². The fraction of sp³-hybridized carbons (Fsp3) is 0.875. The van der Waals surface area contributed by atoms with Gasteiger partial charge in [-0.25, -0.2) is 17.6 Å². The minimum Gasteiger partial charge on any atom is -0.456 e. The number of hydrogen-bond donors (Lipinski definition) is 1. The lowest BCUT2D eigenvalue weighted by Crippen LogP contribution is -2.44. The number of carbonyl (C=O) groups excluding carboxylic acids is 2. The van der Waals surface area contributed by atoms with Gasteiger partial charge in [0.05, 0.1) is 6.61 Å². The molecule has 0 aromatic carbocycles. The van der Waals surface area contributed by atoms with E-state index in [1.54, 1.807) is 0 Å². The number of rotatable bonds is 4. The Morgan fingerprint density at radius 2 is 1.42 bits per heavy atom. The highest BCUT2D eigenvalue weighted by molar-refractivity contribution is 5.80. The highest BCUT2D eigenvalue weighted by atomic mass is 19.3. The number of β-amino-alcohol motifs (C(OH)–C–C–N with tert-alkyl or cyclic N) is 1. The highest BCUT2D eigenvalue weighted by Gasteiger charge is 2.35. The number of aliphatic hydroxyl groups is 1. The van der Waals surface area contributed by atoms with Gasteiger partial charge in [0, 0.05) is 65.3 Å². The van der Waals surface area contributed by atoms with E-state index < -0.39 is 23.7 Å². The Morgan fingerprint density at radius 3 is 1.85 bits per heavy atom. The SMILES string of the molecule is CC(=O)OCC(=O)N1CCC(F)(F)CC1.OCCN1CCC(F)(F)CC1. The van der Waals surface area contributed by atoms with E-state index in [9.17, 15) is 27.2 Å². The molecule has 0 atom stereocenters. The number of amides is 1. The van der Waals surface area contributed by atoms with Gasteiger partial charge >= 0.3 is 5.97 Å². The van der Waals surface area contributed by atoms with Crippen LogP contribution in [0.25, 0.3) is 0 Å². The number of aliphatic hydroxyl groups excluding tert-OH is 1. The van der Waals surface area contributed by atoms with Gasteiger partial charge in [0.1, 0.15) is 0 Å². The third-order valence-corrected chi connectivity index (χ3v) is 4.25. The van der Waals surface area contributed by atoms with Gasteiger partial charge in [0.15, 0.2) is 6.61 Å². The first-order chi connectivity index (χ1) is 12.0. The Bertz CT molecular complexity index is 457. The van der Waals surface area contributed by atoms with Crippen molar-refractivity contribution in [2.24, 2.45) is 0 Å². The highest BCUT2D eigenvalue weighted by Crippen LogP contribution is 2.28. The normalized spacial score (nSPS) is 22.2. The summed E-state index contributed by atoms with van der Waals surface area (Å²) in [5.74, 6) is -6.10. The van der Waals surface area contributed by atoms with Crippen molar-refractivity contribution in [3.05, 3.63) is 0 Å². The van der Waals surface area contributed by atoms with Crippen LogP contribution in [-0.4, -0.2) is 84.6 Å². The fourth-order valence-electron chi connectivity index (χ4n) is 2.58. The summed E-state index contributed by atoms with van der Waals surface area (Å²) in [5.41, 5.74) is 0. The van der Waals surface area contributed by atoms with E-state index in [0.717, 1.165) is 0 Å². The summed E-state index contributed by atoms with van der Waals surface area (Å²) in [6.07, 6.45) is -0.766. The van der Waals surface area contributed by atoms with Crippen LogP contribution in [0.1, 0.15) is 32.6 Å². The molecular weight excluding hydrogens is 360 g/mol. The number of alkyl halides is 4. The minimum absolute atomic E-state index is 0.0209. The Balaban J connectivity index is 0.000000273. The monoisotopic (exact) mass is 386 g/mol. The second-order valence-corrected chi connectivity index (χ2v) is 6.44. The van der Waals surface area contributed by atoms with Crippen molar-refractivity contribution in [3.63, 3.8) is 0 Å². The van der Waals surface area contributed by atoms with Crippen molar-refractivity contribution >= 4 is 11.9 Å². The molecule has 0 unspecified atom stereocenters. The molecule has 0 spiro atoms. The molecule has 1 N–H and O–H groups in total. The van der Waals surface area contributed by atoms with E-state index in [1.807, 2.05) is 4.90 Å². The van der Waals surface area contributed by atoms with E-state index >= 15 is 0 Å². The van der Waals surface area contributed by atoms with Gasteiger partial charge in [0.2, 0.25) is 0 Å². The first-order valence-electron chi connectivity index (χ1n) is 8.55. The Morgan fingerprint density at radius 1 is 0.962 bits per heavy atom. The second-order valence-electron chi connectivity index (χ2n) is 6.44. The van der Waals surface area contributed by atoms with Crippen LogP contribution >= 0.6 is 0 Å². The van der Waals surface area contributed by atoms with Crippen molar-refractivity contribution in [1.29, 1.82) is 0 Å². The van der Waals surface area contributed by atoms with Crippen molar-refractivity contribution in [2.75, 3.05) is 45.9 Å². The maximum atomic E-state index is 12.7. The molecule has 6 nitrogen and oxygen atoms in total. The molecule has 2 fully saturated rings. The van der Waals surface area contributed by atoms with Crippen LogP contribution in [0.15, 0.2) is 0 Å². The molecule has 152 valence electrons. The van der Waals surface area contributed by atoms with Gasteiger partial charge in [-0.05, 0) is 0 Å². The quantitative estimate of drug-likeness (QED) is 0.586. The van der Waals surface area contributed by atoms with Crippen LogP contribution in [0, 0.1) is 0 Å². The number of esters is 1. The molecule has 26 heavy (non-hydrogen) atoms. The van der Waals surface area contributed by atoms with Crippen molar-refractivity contribution in [2.45, 2.75) is 44.5 Å². The third kappa shape index (κ3) is 8.79. The maximum absolute atomic E-state index is 12.7. The Labute approximate surface area is 150 Å². The van der Waals surface area contributed by atoms with E-state index in [4.69, 9.17) is 5.11 Å². The van der Waals surface area contributed by atoms with Crippen LogP contribution in [0.3, 0.4) is 0 Å². The number of likely N-dealkylation sites (tertiary alicyclic amines) is 2. The topological polar surface area (TPSA) is 70.1 Å². The lowest BCUT2D eigenvalue weighted by Gasteiger charge is -2.31. The van der Waals surface area contributed by atoms with Gasteiger partial charge in [-0.1, -0.05) is 0 Å². The van der Waals surface area contributed by atoms with Crippen LogP contribution < -0.4 is 0 Å². The number of halogens is 4. The summed E-state index contributed by atoms with van der Waals surface area (Å²) in [4.78, 5) is 24.9. The molecule has 2 rings (SSSR count). The molecule has 2 aliphatic rings. The Kier molecular flexibility index (Phi) is 8.75. The number of hydrogen-bond acceptors (Lipinski definition) is 5. The molecule has 0 aromatic rings. The average Bonchev–Trinajstić information content (AvgIpc) is 2.55. The van der Waals surface area contributed by atoms with E-state index in [-0.39, 0.29) is 52.0 Å². The van der Waals surface area contributed by atoms with Gasteiger partial charge in [0.25, 0.3) is 17.8 Å². The number of nitrogens with zero attached hydrogens (tertiary/aromatic N) is 2. The molecule has 0 saturated carbocycles. The predicted octanol–water partition coefficient (Wildman–Crippen LogP) is 1.52. The molecule has 0 aromatic heterocycles. The van der Waals surface area contributed by atoms with Crippen molar-refractivity contribution < 1.29 is 37.0 Å². The largest absolute Gasteiger partial charge is 0.456 e. The lowest BCUT2D eigenvalue weighted by molar-refractivity contribution is -0.153. The number of carbonyl (C=O) groups is 2. The van der Waals surface area contributed by atoms with Gasteiger partial charge in [-0.3, -0.25) is 9.59 Å². The molecule has 1 amide bonds. The molecule has 2 heterocycles. The molecule has 2 saturated heterocycles.